The average Bonchev–Trinajstić information content (AvgIpc) is 2.43. The summed E-state index contributed by atoms with van der Waals surface area (Å²) in [6.07, 6.45) is 0.718. The lowest BCUT2D eigenvalue weighted by atomic mass is 10.1. The van der Waals surface area contributed by atoms with Crippen LogP contribution in [0.5, 0.6) is 0 Å². The zero-order valence-electron chi connectivity index (χ0n) is 8.70. The Balaban J connectivity index is 2.79. The second-order valence-corrected chi connectivity index (χ2v) is 4.83. The lowest BCUT2D eigenvalue weighted by molar-refractivity contribution is -0.136. The molecule has 0 radical (unpaired) electrons. The van der Waals surface area contributed by atoms with Gasteiger partial charge in [-0.1, -0.05) is 13.8 Å². The first-order chi connectivity index (χ1) is 6.50. The molecule has 0 spiro atoms. The molecule has 0 saturated heterocycles. The van der Waals surface area contributed by atoms with Crippen LogP contribution in [0.25, 0.3) is 0 Å². The van der Waals surface area contributed by atoms with Gasteiger partial charge in [-0.05, 0) is 12.8 Å². The largest absolute Gasteiger partial charge is 0.481 e. The van der Waals surface area contributed by atoms with E-state index in [0.717, 1.165) is 10.7 Å². The maximum Gasteiger partial charge on any atom is 0.303 e. The summed E-state index contributed by atoms with van der Waals surface area (Å²) in [6, 6.07) is 0. The number of aliphatic carboxylic acids is 1. The Bertz CT molecular complexity index is 331. The van der Waals surface area contributed by atoms with Gasteiger partial charge in [-0.2, -0.15) is 0 Å². The quantitative estimate of drug-likeness (QED) is 0.836. The Morgan fingerprint density at radius 1 is 1.57 bits per heavy atom. The second kappa shape index (κ2) is 4.55. The normalized spacial score (nSPS) is 10.9. The number of carboxylic acid groups (broad SMARTS) is 1. The number of carbonyl (C=O) groups is 1. The molecule has 0 aliphatic heterocycles. The predicted molar refractivity (Wildman–Crippen MR) is 56.9 cm³/mol. The van der Waals surface area contributed by atoms with Gasteiger partial charge in [-0.3, -0.25) is 4.79 Å². The fraction of sp³-hybridized carbons (Fsp3) is 0.600. The zero-order valence-corrected chi connectivity index (χ0v) is 9.52. The fourth-order valence-electron chi connectivity index (χ4n) is 1.34. The molecule has 1 aromatic heterocycles. The first-order valence-electron chi connectivity index (χ1n) is 4.68. The van der Waals surface area contributed by atoms with Crippen LogP contribution in [0.4, 0.5) is 0 Å². The van der Waals surface area contributed by atoms with Gasteiger partial charge in [-0.25, -0.2) is 4.98 Å². The summed E-state index contributed by atoms with van der Waals surface area (Å²) in [4.78, 5) is 16.0. The number of aryl methyl sites for hydroxylation is 2. The summed E-state index contributed by atoms with van der Waals surface area (Å²) < 4.78 is 0. The minimum atomic E-state index is -0.759. The summed E-state index contributed by atoms with van der Waals surface area (Å²) in [5, 5.41) is 9.61. The summed E-state index contributed by atoms with van der Waals surface area (Å²) in [5.41, 5.74) is 0.963. The standard InChI is InChI=1S/C10H15NO2S/c1-6(2)10-8(4-5-9(12)13)11-7(3)14-10/h6H,4-5H2,1-3H3,(H,12,13). The molecule has 0 amide bonds. The Kier molecular flexibility index (Phi) is 3.63. The smallest absolute Gasteiger partial charge is 0.303 e. The molecule has 1 rings (SSSR count). The van der Waals surface area contributed by atoms with E-state index in [1.54, 1.807) is 11.3 Å². The van der Waals surface area contributed by atoms with Crippen LogP contribution in [0, 0.1) is 6.92 Å². The van der Waals surface area contributed by atoms with Crippen LogP contribution >= 0.6 is 11.3 Å². The number of nitrogens with zero attached hydrogens (tertiary/aromatic N) is 1. The molecule has 14 heavy (non-hydrogen) atoms. The van der Waals surface area contributed by atoms with Gasteiger partial charge in [-0.15, -0.1) is 11.3 Å². The van der Waals surface area contributed by atoms with Crippen molar-refractivity contribution in [3.05, 3.63) is 15.6 Å². The molecular formula is C10H15NO2S. The van der Waals surface area contributed by atoms with Crippen LogP contribution in [0.2, 0.25) is 0 Å². The third-order valence-electron chi connectivity index (χ3n) is 1.93. The van der Waals surface area contributed by atoms with Gasteiger partial charge in [0.1, 0.15) is 0 Å². The van der Waals surface area contributed by atoms with Gasteiger partial charge < -0.3 is 5.11 Å². The first kappa shape index (κ1) is 11.2. The molecule has 0 aromatic carbocycles. The first-order valence-corrected chi connectivity index (χ1v) is 5.50. The SMILES string of the molecule is Cc1nc(CCC(=O)O)c(C(C)C)s1. The van der Waals surface area contributed by atoms with Crippen molar-refractivity contribution in [2.75, 3.05) is 0 Å². The molecule has 0 atom stereocenters. The highest BCUT2D eigenvalue weighted by Crippen LogP contribution is 2.26. The average molecular weight is 213 g/mol. The fourth-order valence-corrected chi connectivity index (χ4v) is 2.32. The number of hydrogen-bond acceptors (Lipinski definition) is 3. The van der Waals surface area contributed by atoms with E-state index in [2.05, 4.69) is 18.8 Å². The van der Waals surface area contributed by atoms with Crippen LogP contribution in [-0.4, -0.2) is 16.1 Å². The molecule has 0 fully saturated rings. The van der Waals surface area contributed by atoms with Crippen LogP contribution < -0.4 is 0 Å². The van der Waals surface area contributed by atoms with E-state index >= 15 is 0 Å². The Morgan fingerprint density at radius 3 is 2.71 bits per heavy atom. The van der Waals surface area contributed by atoms with Crippen LogP contribution in [-0.2, 0) is 11.2 Å². The number of thiazole rings is 1. The number of carboxylic acids is 1. The van der Waals surface area contributed by atoms with Gasteiger partial charge in [0.15, 0.2) is 0 Å². The molecule has 3 nitrogen and oxygen atoms in total. The summed E-state index contributed by atoms with van der Waals surface area (Å²) in [6.45, 7) is 6.18. The van der Waals surface area contributed by atoms with Gasteiger partial charge in [0.05, 0.1) is 17.1 Å². The molecule has 0 saturated carbocycles. The maximum atomic E-state index is 10.4. The molecule has 0 aliphatic carbocycles. The summed E-state index contributed by atoms with van der Waals surface area (Å²) in [7, 11) is 0. The van der Waals surface area contributed by atoms with E-state index in [1.807, 2.05) is 6.92 Å². The van der Waals surface area contributed by atoms with Crippen LogP contribution in [0.1, 0.15) is 41.8 Å². The van der Waals surface area contributed by atoms with E-state index < -0.39 is 5.97 Å². The third-order valence-corrected chi connectivity index (χ3v) is 3.25. The zero-order chi connectivity index (χ0) is 10.7. The summed E-state index contributed by atoms with van der Waals surface area (Å²) in [5.74, 6) is -0.324. The minimum Gasteiger partial charge on any atom is -0.481 e. The molecule has 1 heterocycles. The highest BCUT2D eigenvalue weighted by Gasteiger charge is 2.13. The maximum absolute atomic E-state index is 10.4. The molecule has 78 valence electrons. The van der Waals surface area contributed by atoms with Crippen molar-refractivity contribution in [3.63, 3.8) is 0 Å². The number of hydrogen-bond donors (Lipinski definition) is 1. The second-order valence-electron chi connectivity index (χ2n) is 3.59. The van der Waals surface area contributed by atoms with Crippen molar-refractivity contribution in [2.24, 2.45) is 0 Å². The van der Waals surface area contributed by atoms with E-state index in [-0.39, 0.29) is 6.42 Å². The van der Waals surface area contributed by atoms with Crippen molar-refractivity contribution in [1.29, 1.82) is 0 Å². The summed E-state index contributed by atoms with van der Waals surface area (Å²) >= 11 is 1.67. The van der Waals surface area contributed by atoms with Gasteiger partial charge in [0.25, 0.3) is 0 Å². The molecule has 1 aromatic rings. The molecule has 0 unspecified atom stereocenters. The van der Waals surface area contributed by atoms with Gasteiger partial charge >= 0.3 is 5.97 Å². The van der Waals surface area contributed by atoms with Crippen molar-refractivity contribution in [1.82, 2.24) is 4.98 Å². The van der Waals surface area contributed by atoms with E-state index in [1.165, 1.54) is 4.88 Å². The van der Waals surface area contributed by atoms with E-state index in [0.29, 0.717) is 12.3 Å². The highest BCUT2D eigenvalue weighted by molar-refractivity contribution is 7.11. The van der Waals surface area contributed by atoms with Crippen molar-refractivity contribution in [3.8, 4) is 0 Å². The Morgan fingerprint density at radius 2 is 2.21 bits per heavy atom. The number of aromatic nitrogens is 1. The van der Waals surface area contributed by atoms with Crippen molar-refractivity contribution >= 4 is 17.3 Å². The van der Waals surface area contributed by atoms with E-state index in [4.69, 9.17) is 5.11 Å². The van der Waals surface area contributed by atoms with Crippen LogP contribution in [0.3, 0.4) is 0 Å². The lowest BCUT2D eigenvalue weighted by Gasteiger charge is -2.03. The van der Waals surface area contributed by atoms with Gasteiger partial charge in [0.2, 0.25) is 0 Å². The number of rotatable bonds is 4. The molecule has 1 N–H and O–H groups in total. The lowest BCUT2D eigenvalue weighted by Crippen LogP contribution is -2.00. The molecule has 0 bridgehead atoms. The monoisotopic (exact) mass is 213 g/mol. The Labute approximate surface area is 87.8 Å². The molecule has 0 aliphatic rings. The van der Waals surface area contributed by atoms with Gasteiger partial charge in [0, 0.05) is 11.3 Å². The minimum absolute atomic E-state index is 0.170. The third kappa shape index (κ3) is 2.80. The topological polar surface area (TPSA) is 50.2 Å². The molecule has 4 heteroatoms. The molecular weight excluding hydrogens is 198 g/mol. The van der Waals surface area contributed by atoms with Crippen molar-refractivity contribution < 1.29 is 9.90 Å². The highest BCUT2D eigenvalue weighted by atomic mass is 32.1. The van der Waals surface area contributed by atoms with E-state index in [9.17, 15) is 4.79 Å². The Hall–Kier alpha value is -0.900. The van der Waals surface area contributed by atoms with Crippen LogP contribution in [0.15, 0.2) is 0 Å². The van der Waals surface area contributed by atoms with Crippen molar-refractivity contribution in [2.45, 2.75) is 39.5 Å². The predicted octanol–water partition coefficient (Wildman–Crippen LogP) is 2.59.